The predicted molar refractivity (Wildman–Crippen MR) is 121 cm³/mol. The molecule has 4 nitrogen and oxygen atoms in total. The first kappa shape index (κ1) is 20.3. The van der Waals surface area contributed by atoms with Crippen molar-refractivity contribution in [1.82, 2.24) is 4.90 Å². The van der Waals surface area contributed by atoms with Gasteiger partial charge >= 0.3 is 0 Å². The summed E-state index contributed by atoms with van der Waals surface area (Å²) >= 11 is 0. The Morgan fingerprint density at radius 1 is 1.29 bits per heavy atom. The number of allylic oxidation sites excluding steroid dienone is 3. The number of benzene rings is 1. The normalized spacial score (nSPS) is 16.8. The molecule has 2 aliphatic heterocycles. The summed E-state index contributed by atoms with van der Waals surface area (Å²) in [6, 6.07) is 6.60. The fourth-order valence-corrected chi connectivity index (χ4v) is 3.78. The third kappa shape index (κ3) is 4.50. The van der Waals surface area contributed by atoms with Crippen LogP contribution in [0.5, 0.6) is 0 Å². The fourth-order valence-electron chi connectivity index (χ4n) is 3.78. The highest BCUT2D eigenvalue weighted by atomic mass is 16.5. The lowest BCUT2D eigenvalue weighted by Gasteiger charge is -2.34. The maximum atomic E-state index is 5.53. The van der Waals surface area contributed by atoms with E-state index < -0.39 is 0 Å². The van der Waals surface area contributed by atoms with Crippen molar-refractivity contribution in [2.45, 2.75) is 26.7 Å². The summed E-state index contributed by atoms with van der Waals surface area (Å²) < 4.78 is 5.53. The van der Waals surface area contributed by atoms with Gasteiger partial charge < -0.3 is 19.9 Å². The van der Waals surface area contributed by atoms with Gasteiger partial charge in [-0.05, 0) is 43.2 Å². The van der Waals surface area contributed by atoms with E-state index in [1.54, 1.807) is 0 Å². The molecule has 3 rings (SSSR count). The van der Waals surface area contributed by atoms with Crippen LogP contribution in [0, 0.1) is 0 Å². The van der Waals surface area contributed by atoms with Crippen molar-refractivity contribution in [2.75, 3.05) is 50.1 Å². The van der Waals surface area contributed by atoms with E-state index in [1.165, 1.54) is 16.9 Å². The van der Waals surface area contributed by atoms with Crippen molar-refractivity contribution in [3.05, 3.63) is 65.9 Å². The van der Waals surface area contributed by atoms with E-state index in [4.69, 9.17) is 4.74 Å². The van der Waals surface area contributed by atoms with Crippen molar-refractivity contribution < 1.29 is 4.74 Å². The largest absolute Gasteiger partial charge is 0.381 e. The first-order valence-electron chi connectivity index (χ1n) is 10.2. The Labute approximate surface area is 169 Å². The molecule has 0 aliphatic carbocycles. The van der Waals surface area contributed by atoms with Crippen LogP contribution in [0.4, 0.5) is 11.4 Å². The van der Waals surface area contributed by atoms with Crippen molar-refractivity contribution in [3.8, 4) is 0 Å². The van der Waals surface area contributed by atoms with Crippen LogP contribution < -0.4 is 10.2 Å². The van der Waals surface area contributed by atoms with Crippen molar-refractivity contribution >= 4 is 17.1 Å². The van der Waals surface area contributed by atoms with Crippen LogP contribution in [0.1, 0.15) is 32.3 Å². The first-order valence-corrected chi connectivity index (χ1v) is 10.2. The van der Waals surface area contributed by atoms with Gasteiger partial charge in [-0.15, -0.1) is 0 Å². The lowest BCUT2D eigenvalue weighted by Crippen LogP contribution is -2.36. The average molecular weight is 380 g/mol. The number of likely N-dealkylation sites (N-methyl/N-ethyl adjacent to an activating group) is 1. The molecule has 0 bridgehead atoms. The fraction of sp³-hybridized carbons (Fsp3) is 0.417. The van der Waals surface area contributed by atoms with Crippen molar-refractivity contribution in [2.24, 2.45) is 0 Å². The molecule has 0 aromatic heterocycles. The van der Waals surface area contributed by atoms with E-state index >= 15 is 0 Å². The molecule has 28 heavy (non-hydrogen) atoms. The van der Waals surface area contributed by atoms with E-state index in [9.17, 15) is 0 Å². The number of hydrogen-bond acceptors (Lipinski definition) is 4. The van der Waals surface area contributed by atoms with E-state index in [0.29, 0.717) is 0 Å². The molecule has 0 radical (unpaired) electrons. The molecule has 1 N–H and O–H groups in total. The van der Waals surface area contributed by atoms with Gasteiger partial charge in [0, 0.05) is 55.0 Å². The monoisotopic (exact) mass is 379 g/mol. The van der Waals surface area contributed by atoms with Crippen LogP contribution in [-0.4, -0.2) is 44.8 Å². The van der Waals surface area contributed by atoms with Gasteiger partial charge in [0.2, 0.25) is 0 Å². The zero-order valence-electron chi connectivity index (χ0n) is 17.6. The van der Waals surface area contributed by atoms with Gasteiger partial charge in [-0.1, -0.05) is 38.2 Å². The third-order valence-corrected chi connectivity index (χ3v) is 5.46. The number of anilines is 2. The minimum Gasteiger partial charge on any atom is -0.381 e. The van der Waals surface area contributed by atoms with E-state index in [-0.39, 0.29) is 0 Å². The smallest absolute Gasteiger partial charge is 0.0642 e. The van der Waals surface area contributed by atoms with Gasteiger partial charge in [0.15, 0.2) is 0 Å². The van der Waals surface area contributed by atoms with Gasteiger partial charge in [-0.2, -0.15) is 0 Å². The summed E-state index contributed by atoms with van der Waals surface area (Å²) in [6.07, 6.45) is 6.57. The third-order valence-electron chi connectivity index (χ3n) is 5.46. The summed E-state index contributed by atoms with van der Waals surface area (Å²) in [6.45, 7) is 17.1. The Kier molecular flexibility index (Phi) is 6.63. The molecule has 1 fully saturated rings. The highest BCUT2D eigenvalue weighted by Crippen LogP contribution is 2.34. The highest BCUT2D eigenvalue weighted by molar-refractivity contribution is 5.81. The number of nitrogens with one attached hydrogen (secondary N) is 1. The molecule has 0 amide bonds. The quantitative estimate of drug-likeness (QED) is 0.672. The standard InChI is InChI=1S/C24H33N3O/c1-6-7-18(2)16-19(3)20(4)26(5)21-8-9-23-22(17-21)24(10-11-25-23)27-12-14-28-15-13-27/h8-10,16-17,25H,2,4,6-7,11-15H2,1,3,5H3/b19-16+. The zero-order chi connectivity index (χ0) is 20.1. The van der Waals surface area contributed by atoms with Crippen molar-refractivity contribution in [3.63, 3.8) is 0 Å². The van der Waals surface area contributed by atoms with Gasteiger partial charge in [0.1, 0.15) is 0 Å². The topological polar surface area (TPSA) is 27.7 Å². The molecule has 4 heteroatoms. The molecule has 0 atom stereocenters. The maximum Gasteiger partial charge on any atom is 0.0642 e. The van der Waals surface area contributed by atoms with Crippen molar-refractivity contribution in [1.29, 1.82) is 0 Å². The lowest BCUT2D eigenvalue weighted by molar-refractivity contribution is 0.0639. The number of nitrogens with zero attached hydrogens (tertiary/aromatic N) is 2. The van der Waals surface area contributed by atoms with Crippen LogP contribution in [-0.2, 0) is 4.74 Å². The number of ether oxygens (including phenoxy) is 1. The Bertz CT molecular complexity index is 800. The molecule has 0 saturated carbocycles. The second-order valence-electron chi connectivity index (χ2n) is 7.54. The Morgan fingerprint density at radius 2 is 2.04 bits per heavy atom. The molecule has 150 valence electrons. The average Bonchev–Trinajstić information content (AvgIpc) is 2.72. The summed E-state index contributed by atoms with van der Waals surface area (Å²) in [7, 11) is 2.08. The molecule has 1 aromatic rings. The first-order chi connectivity index (χ1) is 13.5. The summed E-state index contributed by atoms with van der Waals surface area (Å²) in [5.41, 5.74) is 8.19. The van der Waals surface area contributed by atoms with Gasteiger partial charge in [-0.3, -0.25) is 0 Å². The summed E-state index contributed by atoms with van der Waals surface area (Å²) in [4.78, 5) is 4.60. The number of rotatable bonds is 7. The second-order valence-corrected chi connectivity index (χ2v) is 7.54. The van der Waals surface area contributed by atoms with Gasteiger partial charge in [-0.25, -0.2) is 0 Å². The number of hydrogen-bond donors (Lipinski definition) is 1. The Morgan fingerprint density at radius 3 is 2.75 bits per heavy atom. The molecule has 2 aliphatic rings. The molecule has 0 unspecified atom stereocenters. The minimum atomic E-state index is 0.794. The zero-order valence-corrected chi connectivity index (χ0v) is 17.6. The van der Waals surface area contributed by atoms with Crippen LogP contribution >= 0.6 is 0 Å². The van der Waals surface area contributed by atoms with E-state index in [2.05, 4.69) is 79.5 Å². The van der Waals surface area contributed by atoms with E-state index in [0.717, 1.165) is 68.2 Å². The highest BCUT2D eigenvalue weighted by Gasteiger charge is 2.21. The van der Waals surface area contributed by atoms with Crippen LogP contribution in [0.15, 0.2) is 60.4 Å². The van der Waals surface area contributed by atoms with E-state index in [1.807, 2.05) is 0 Å². The molecule has 2 heterocycles. The summed E-state index contributed by atoms with van der Waals surface area (Å²) in [5, 5.41) is 3.49. The SMILES string of the molecule is C=C(/C=C(\C)C(=C)N(C)c1ccc2c(c1)C(N1CCOCC1)=CCN2)CCC. The Balaban J connectivity index is 1.83. The van der Waals surface area contributed by atoms with Gasteiger partial charge in [0.25, 0.3) is 0 Å². The molecule has 0 spiro atoms. The lowest BCUT2D eigenvalue weighted by atomic mass is 10.0. The van der Waals surface area contributed by atoms with Crippen LogP contribution in [0.2, 0.25) is 0 Å². The van der Waals surface area contributed by atoms with Gasteiger partial charge in [0.05, 0.1) is 13.2 Å². The van der Waals surface area contributed by atoms with Crippen LogP contribution in [0.25, 0.3) is 5.70 Å². The second kappa shape index (κ2) is 9.16. The minimum absolute atomic E-state index is 0.794. The maximum absolute atomic E-state index is 5.53. The van der Waals surface area contributed by atoms with Crippen LogP contribution in [0.3, 0.4) is 0 Å². The molecular weight excluding hydrogens is 346 g/mol. The molecule has 1 saturated heterocycles. The number of morpholine rings is 1. The molecular formula is C24H33N3O. The predicted octanol–water partition coefficient (Wildman–Crippen LogP) is 5.04. The number of fused-ring (bicyclic) bond motifs is 1. The Hall–Kier alpha value is -2.46. The summed E-state index contributed by atoms with van der Waals surface area (Å²) in [5.74, 6) is 0. The molecule has 1 aromatic carbocycles.